The Hall–Kier alpha value is -1.49. The van der Waals surface area contributed by atoms with E-state index in [2.05, 4.69) is 20.8 Å². The first-order valence-electron chi connectivity index (χ1n) is 6.11. The van der Waals surface area contributed by atoms with Gasteiger partial charge in [0.15, 0.2) is 5.17 Å². The van der Waals surface area contributed by atoms with Crippen molar-refractivity contribution in [3.63, 3.8) is 0 Å². The summed E-state index contributed by atoms with van der Waals surface area (Å²) in [4.78, 5) is 8.93. The molecule has 5 heteroatoms. The van der Waals surface area contributed by atoms with Gasteiger partial charge in [-0.05, 0) is 31.2 Å². The standard InChI is InChI=1S/C13H18N4S/c1-18-13(15-11-7-3-2-4-8-11)17-16-12-9-5-6-10-14-12/h2-4,7-8H,5-6,9-10H2,1H3,(H,14,16)(H,15,17). The minimum absolute atomic E-state index is 0.842. The molecular formula is C13H18N4S. The Morgan fingerprint density at radius 2 is 2.11 bits per heavy atom. The van der Waals surface area contributed by atoms with Crippen LogP contribution in [0.1, 0.15) is 19.3 Å². The third kappa shape index (κ3) is 4.07. The molecule has 1 aliphatic rings. The van der Waals surface area contributed by atoms with Crippen LogP contribution in [-0.4, -0.2) is 23.8 Å². The number of hydrogen-bond donors (Lipinski definition) is 2. The predicted octanol–water partition coefficient (Wildman–Crippen LogP) is 2.71. The SMILES string of the molecule is CSC(=Nc1ccccc1)NNC1=NCCCC1. The maximum atomic E-state index is 4.51. The maximum absolute atomic E-state index is 4.51. The number of nitrogens with zero attached hydrogens (tertiary/aromatic N) is 2. The van der Waals surface area contributed by atoms with E-state index in [1.807, 2.05) is 36.6 Å². The van der Waals surface area contributed by atoms with E-state index >= 15 is 0 Å². The quantitative estimate of drug-likeness (QED) is 0.465. The van der Waals surface area contributed by atoms with Gasteiger partial charge in [0, 0.05) is 13.0 Å². The first kappa shape index (κ1) is 13.0. The monoisotopic (exact) mass is 262 g/mol. The molecule has 18 heavy (non-hydrogen) atoms. The second-order valence-corrected chi connectivity index (χ2v) is 4.79. The highest BCUT2D eigenvalue weighted by atomic mass is 32.2. The average Bonchev–Trinajstić information content (AvgIpc) is 2.45. The zero-order chi connectivity index (χ0) is 12.6. The van der Waals surface area contributed by atoms with Crippen LogP contribution >= 0.6 is 11.8 Å². The van der Waals surface area contributed by atoms with Gasteiger partial charge in [-0.1, -0.05) is 30.0 Å². The first-order chi connectivity index (χ1) is 8.88. The van der Waals surface area contributed by atoms with Gasteiger partial charge in [-0.15, -0.1) is 0 Å². The molecule has 1 aliphatic heterocycles. The van der Waals surface area contributed by atoms with Crippen molar-refractivity contribution in [2.24, 2.45) is 9.98 Å². The number of aliphatic imine (C=N–C) groups is 2. The Labute approximate surface area is 112 Å². The minimum atomic E-state index is 0.842. The second kappa shape index (κ2) is 7.06. The summed E-state index contributed by atoms with van der Waals surface area (Å²) < 4.78 is 0. The molecule has 0 saturated carbocycles. The molecule has 96 valence electrons. The van der Waals surface area contributed by atoms with Crippen LogP contribution in [0.5, 0.6) is 0 Å². The van der Waals surface area contributed by atoms with E-state index in [9.17, 15) is 0 Å². The van der Waals surface area contributed by atoms with Crippen molar-refractivity contribution >= 4 is 28.5 Å². The molecule has 2 N–H and O–H groups in total. The van der Waals surface area contributed by atoms with Gasteiger partial charge < -0.3 is 0 Å². The van der Waals surface area contributed by atoms with E-state index in [0.717, 1.165) is 29.7 Å². The molecule has 0 aliphatic carbocycles. The molecule has 1 aromatic rings. The van der Waals surface area contributed by atoms with Crippen molar-refractivity contribution in [2.45, 2.75) is 19.3 Å². The van der Waals surface area contributed by atoms with Gasteiger partial charge in [-0.2, -0.15) is 0 Å². The van der Waals surface area contributed by atoms with Gasteiger partial charge in [-0.25, -0.2) is 4.99 Å². The van der Waals surface area contributed by atoms with Crippen LogP contribution in [0.3, 0.4) is 0 Å². The number of hydrazine groups is 1. The number of para-hydroxylation sites is 1. The molecule has 0 atom stereocenters. The molecule has 0 fully saturated rings. The third-order valence-corrected chi connectivity index (χ3v) is 3.20. The molecule has 0 bridgehead atoms. The molecule has 4 nitrogen and oxygen atoms in total. The van der Waals surface area contributed by atoms with Crippen LogP contribution in [0.15, 0.2) is 40.3 Å². The smallest absolute Gasteiger partial charge is 0.180 e. The highest BCUT2D eigenvalue weighted by Gasteiger charge is 2.05. The Bertz CT molecular complexity index is 428. The van der Waals surface area contributed by atoms with Crippen LogP contribution in [-0.2, 0) is 0 Å². The summed E-state index contributed by atoms with van der Waals surface area (Å²) >= 11 is 1.57. The molecule has 0 spiro atoms. The Morgan fingerprint density at radius 3 is 2.78 bits per heavy atom. The lowest BCUT2D eigenvalue weighted by molar-refractivity contribution is 0.699. The highest BCUT2D eigenvalue weighted by molar-refractivity contribution is 8.13. The average molecular weight is 262 g/mol. The number of benzene rings is 1. The number of nitrogens with one attached hydrogen (secondary N) is 2. The lowest BCUT2D eigenvalue weighted by Gasteiger charge is -2.15. The van der Waals surface area contributed by atoms with Crippen molar-refractivity contribution < 1.29 is 0 Å². The van der Waals surface area contributed by atoms with Crippen molar-refractivity contribution in [2.75, 3.05) is 12.8 Å². The van der Waals surface area contributed by atoms with Crippen molar-refractivity contribution in [1.82, 2.24) is 10.9 Å². The number of rotatable bonds is 1. The summed E-state index contributed by atoms with van der Waals surface area (Å²) in [6.07, 6.45) is 5.41. The summed E-state index contributed by atoms with van der Waals surface area (Å²) in [7, 11) is 0. The van der Waals surface area contributed by atoms with E-state index in [4.69, 9.17) is 0 Å². The second-order valence-electron chi connectivity index (χ2n) is 3.99. The summed E-state index contributed by atoms with van der Waals surface area (Å²) in [5.41, 5.74) is 7.21. The van der Waals surface area contributed by atoms with Gasteiger partial charge in [0.2, 0.25) is 0 Å². The molecule has 0 saturated heterocycles. The lowest BCUT2D eigenvalue weighted by atomic mass is 10.2. The fourth-order valence-corrected chi connectivity index (χ4v) is 2.02. The topological polar surface area (TPSA) is 48.8 Å². The highest BCUT2D eigenvalue weighted by Crippen LogP contribution is 2.12. The molecule has 2 rings (SSSR count). The largest absolute Gasteiger partial charge is 0.286 e. The van der Waals surface area contributed by atoms with Crippen molar-refractivity contribution in [3.8, 4) is 0 Å². The lowest BCUT2D eigenvalue weighted by Crippen LogP contribution is -2.41. The summed E-state index contributed by atoms with van der Waals surface area (Å²) in [5, 5.41) is 0.842. The maximum Gasteiger partial charge on any atom is 0.180 e. The Kier molecular flexibility index (Phi) is 5.08. The van der Waals surface area contributed by atoms with E-state index < -0.39 is 0 Å². The molecule has 0 aromatic heterocycles. The van der Waals surface area contributed by atoms with Crippen molar-refractivity contribution in [1.29, 1.82) is 0 Å². The van der Waals surface area contributed by atoms with Crippen LogP contribution in [0.2, 0.25) is 0 Å². The van der Waals surface area contributed by atoms with Crippen molar-refractivity contribution in [3.05, 3.63) is 30.3 Å². The van der Waals surface area contributed by atoms with Gasteiger partial charge in [-0.3, -0.25) is 15.8 Å². The summed E-state index contributed by atoms with van der Waals surface area (Å²) in [6, 6.07) is 9.91. The van der Waals surface area contributed by atoms with Crippen LogP contribution in [0.25, 0.3) is 0 Å². The summed E-state index contributed by atoms with van der Waals surface area (Å²) in [6.45, 7) is 0.925. The van der Waals surface area contributed by atoms with Gasteiger partial charge in [0.1, 0.15) is 5.84 Å². The Morgan fingerprint density at radius 1 is 1.28 bits per heavy atom. The fraction of sp³-hybridized carbons (Fsp3) is 0.385. The molecule has 1 aromatic carbocycles. The van der Waals surface area contributed by atoms with Crippen LogP contribution < -0.4 is 10.9 Å². The van der Waals surface area contributed by atoms with Gasteiger partial charge in [0.25, 0.3) is 0 Å². The van der Waals surface area contributed by atoms with E-state index in [1.54, 1.807) is 11.8 Å². The van der Waals surface area contributed by atoms with E-state index in [-0.39, 0.29) is 0 Å². The molecule has 0 amide bonds. The van der Waals surface area contributed by atoms with Gasteiger partial charge >= 0.3 is 0 Å². The minimum Gasteiger partial charge on any atom is -0.286 e. The van der Waals surface area contributed by atoms with Crippen LogP contribution in [0.4, 0.5) is 5.69 Å². The first-order valence-corrected chi connectivity index (χ1v) is 7.34. The predicted molar refractivity (Wildman–Crippen MR) is 79.5 cm³/mol. The Balaban J connectivity index is 1.93. The van der Waals surface area contributed by atoms with Crippen LogP contribution in [0, 0.1) is 0 Å². The molecule has 0 radical (unpaired) electrons. The number of hydrogen-bond acceptors (Lipinski definition) is 4. The number of thioether (sulfide) groups is 1. The normalized spacial score (nSPS) is 16.1. The molecular weight excluding hydrogens is 244 g/mol. The van der Waals surface area contributed by atoms with Gasteiger partial charge in [0.05, 0.1) is 5.69 Å². The van der Waals surface area contributed by atoms with E-state index in [0.29, 0.717) is 0 Å². The van der Waals surface area contributed by atoms with E-state index in [1.165, 1.54) is 12.8 Å². The fourth-order valence-electron chi connectivity index (χ4n) is 1.67. The zero-order valence-corrected chi connectivity index (χ0v) is 11.3. The zero-order valence-electron chi connectivity index (χ0n) is 10.5. The summed E-state index contributed by atoms with van der Waals surface area (Å²) in [5.74, 6) is 1.02. The number of amidine groups is 2. The molecule has 0 unspecified atom stereocenters. The third-order valence-electron chi connectivity index (χ3n) is 2.62. The molecule has 1 heterocycles.